The quantitative estimate of drug-likeness (QED) is 0.306. The van der Waals surface area contributed by atoms with Crippen LogP contribution < -0.4 is 4.90 Å². The van der Waals surface area contributed by atoms with E-state index >= 15 is 0 Å². The molecule has 0 aliphatic heterocycles. The highest BCUT2D eigenvalue weighted by Gasteiger charge is 2.17. The van der Waals surface area contributed by atoms with Gasteiger partial charge in [-0.15, -0.1) is 5.10 Å². The second-order valence-corrected chi connectivity index (χ2v) is 9.38. The molecule has 0 aliphatic rings. The molecule has 0 saturated carbocycles. The zero-order valence-corrected chi connectivity index (χ0v) is 18.9. The number of carbonyl (C=O) groups is 1. The van der Waals surface area contributed by atoms with Crippen LogP contribution in [0.1, 0.15) is 6.42 Å². The van der Waals surface area contributed by atoms with Gasteiger partial charge >= 0.3 is 0 Å². The third-order valence-electron chi connectivity index (χ3n) is 3.81. The molecule has 3 aromatic rings. The van der Waals surface area contributed by atoms with Crippen LogP contribution in [0, 0.1) is 15.3 Å². The normalized spacial score (nSPS) is 10.5. The van der Waals surface area contributed by atoms with E-state index < -0.39 is 0 Å². The van der Waals surface area contributed by atoms with Gasteiger partial charge in [-0.1, -0.05) is 64.5 Å². The van der Waals surface area contributed by atoms with Crippen molar-refractivity contribution in [2.45, 2.75) is 10.8 Å². The average Bonchev–Trinajstić information content (AvgIpc) is 3.10. The second-order valence-electron chi connectivity index (χ2n) is 5.72. The van der Waals surface area contributed by atoms with Gasteiger partial charge in [0.15, 0.2) is 8.29 Å². The van der Waals surface area contributed by atoms with Crippen molar-refractivity contribution in [2.75, 3.05) is 17.2 Å². The van der Waals surface area contributed by atoms with E-state index in [-0.39, 0.29) is 18.1 Å². The zero-order valence-electron chi connectivity index (χ0n) is 14.9. The highest BCUT2D eigenvalue weighted by atomic mass is 35.5. The van der Waals surface area contributed by atoms with Crippen LogP contribution in [0.25, 0.3) is 5.69 Å². The van der Waals surface area contributed by atoms with Crippen LogP contribution in [0.3, 0.4) is 0 Å². The molecule has 0 unspecified atom stereocenters. The maximum atomic E-state index is 12.8. The van der Waals surface area contributed by atoms with Crippen molar-refractivity contribution in [1.29, 1.82) is 5.26 Å². The summed E-state index contributed by atoms with van der Waals surface area (Å²) >= 11 is 20.1. The van der Waals surface area contributed by atoms with Crippen LogP contribution in [0.5, 0.6) is 0 Å². The number of anilines is 1. The highest BCUT2D eigenvalue weighted by Crippen LogP contribution is 2.28. The maximum Gasteiger partial charge on any atom is 0.237 e. The first-order chi connectivity index (χ1) is 14.0. The number of thioether (sulfide) groups is 1. The number of amides is 1. The molecule has 29 heavy (non-hydrogen) atoms. The fraction of sp³-hybridized carbons (Fsp3) is 0.158. The topological polar surface area (TPSA) is 61.9 Å². The Morgan fingerprint density at radius 3 is 2.69 bits per heavy atom. The molecule has 1 aromatic heterocycles. The number of aromatic nitrogens is 2. The molecule has 0 N–H and O–H groups in total. The Morgan fingerprint density at radius 2 is 2.00 bits per heavy atom. The Morgan fingerprint density at radius 1 is 1.24 bits per heavy atom. The van der Waals surface area contributed by atoms with E-state index in [1.54, 1.807) is 27.8 Å². The number of rotatable bonds is 7. The van der Waals surface area contributed by atoms with E-state index in [1.165, 1.54) is 23.1 Å². The van der Waals surface area contributed by atoms with Gasteiger partial charge in [0.05, 0.1) is 34.0 Å². The van der Waals surface area contributed by atoms with Crippen molar-refractivity contribution >= 4 is 70.1 Å². The van der Waals surface area contributed by atoms with Crippen LogP contribution in [-0.4, -0.2) is 28.0 Å². The van der Waals surface area contributed by atoms with Gasteiger partial charge in [0.2, 0.25) is 5.91 Å². The lowest BCUT2D eigenvalue weighted by atomic mass is 10.2. The molecule has 0 fully saturated rings. The molecule has 148 valence electrons. The largest absolute Gasteiger partial charge is 0.311 e. The molecule has 0 atom stereocenters. The Hall–Kier alpha value is -1.89. The first-order valence-electron chi connectivity index (χ1n) is 8.40. The predicted molar refractivity (Wildman–Crippen MR) is 122 cm³/mol. The smallest absolute Gasteiger partial charge is 0.237 e. The lowest BCUT2D eigenvalue weighted by molar-refractivity contribution is -0.116. The number of carbonyl (C=O) groups excluding carboxylic acids is 1. The number of hydrogen-bond donors (Lipinski definition) is 0. The molecule has 1 heterocycles. The van der Waals surface area contributed by atoms with Crippen LogP contribution in [0.2, 0.25) is 10.0 Å². The lowest BCUT2D eigenvalue weighted by Crippen LogP contribution is -2.33. The summed E-state index contributed by atoms with van der Waals surface area (Å²) in [5.41, 5.74) is 1.47. The van der Waals surface area contributed by atoms with Gasteiger partial charge in [0.1, 0.15) is 0 Å². The SMILES string of the molecule is N#CCCN(C(=O)CSc1nn(-c2ccc(Cl)c(Cl)c2)c(=S)s1)c1ccccc1. The molecule has 0 aliphatic carbocycles. The Balaban J connectivity index is 1.73. The third-order valence-corrected chi connectivity index (χ3v) is 6.90. The minimum Gasteiger partial charge on any atom is -0.311 e. The fourth-order valence-electron chi connectivity index (χ4n) is 2.47. The Labute approximate surface area is 191 Å². The fourth-order valence-corrected chi connectivity index (χ4v) is 5.00. The molecule has 3 rings (SSSR count). The minimum absolute atomic E-state index is 0.0985. The van der Waals surface area contributed by atoms with Gasteiger partial charge in [-0.25, -0.2) is 4.68 Å². The van der Waals surface area contributed by atoms with Gasteiger partial charge in [0, 0.05) is 12.2 Å². The molecule has 1 amide bonds. The van der Waals surface area contributed by atoms with E-state index in [4.69, 9.17) is 40.7 Å². The van der Waals surface area contributed by atoms with Gasteiger partial charge in [-0.3, -0.25) is 4.79 Å². The van der Waals surface area contributed by atoms with Crippen molar-refractivity contribution in [3.63, 3.8) is 0 Å². The number of nitriles is 1. The van der Waals surface area contributed by atoms with E-state index in [0.29, 0.717) is 30.6 Å². The van der Waals surface area contributed by atoms with Gasteiger partial charge in [0.25, 0.3) is 0 Å². The van der Waals surface area contributed by atoms with Crippen LogP contribution in [0.15, 0.2) is 52.9 Å². The standard InChI is InChI=1S/C19H14Cl2N4OS3/c20-15-8-7-14(11-16(15)21)25-19(27)29-18(23-25)28-12-17(26)24(10-4-9-22)13-5-2-1-3-6-13/h1-3,5-8,11H,4,10,12H2. The summed E-state index contributed by atoms with van der Waals surface area (Å²) in [7, 11) is 0. The van der Waals surface area contributed by atoms with Crippen molar-refractivity contribution in [3.8, 4) is 11.8 Å². The molecule has 2 aromatic carbocycles. The third kappa shape index (κ3) is 5.59. The van der Waals surface area contributed by atoms with Crippen LogP contribution >= 0.6 is 58.5 Å². The van der Waals surface area contributed by atoms with E-state index in [2.05, 4.69) is 11.2 Å². The second kappa shape index (κ2) is 10.2. The molecular formula is C19H14Cl2N4OS3. The molecule has 0 radical (unpaired) electrons. The summed E-state index contributed by atoms with van der Waals surface area (Å²) in [6.45, 7) is 0.341. The average molecular weight is 481 g/mol. The van der Waals surface area contributed by atoms with Crippen molar-refractivity contribution in [3.05, 3.63) is 62.5 Å². The summed E-state index contributed by atoms with van der Waals surface area (Å²) in [4.78, 5) is 14.4. The Bertz CT molecular complexity index is 1110. The molecule has 0 bridgehead atoms. The van der Waals surface area contributed by atoms with E-state index in [1.807, 2.05) is 30.3 Å². The summed E-state index contributed by atoms with van der Waals surface area (Å²) in [6, 6.07) is 16.5. The van der Waals surface area contributed by atoms with Gasteiger partial charge < -0.3 is 4.90 Å². The highest BCUT2D eigenvalue weighted by molar-refractivity contribution is 8.01. The van der Waals surface area contributed by atoms with E-state index in [9.17, 15) is 4.79 Å². The summed E-state index contributed by atoms with van der Waals surface area (Å²) in [5.74, 6) is 0.0860. The van der Waals surface area contributed by atoms with Crippen LogP contribution in [-0.2, 0) is 4.79 Å². The van der Waals surface area contributed by atoms with Gasteiger partial charge in [-0.2, -0.15) is 5.26 Å². The summed E-state index contributed by atoms with van der Waals surface area (Å²) in [6.07, 6.45) is 0.260. The zero-order chi connectivity index (χ0) is 20.8. The maximum absolute atomic E-state index is 12.8. The predicted octanol–water partition coefficient (Wildman–Crippen LogP) is 6.01. The number of para-hydroxylation sites is 1. The summed E-state index contributed by atoms with van der Waals surface area (Å²) < 4.78 is 2.81. The number of halogens is 2. The first kappa shape index (κ1) is 21.8. The molecule has 0 spiro atoms. The number of benzene rings is 2. The van der Waals surface area contributed by atoms with Crippen LogP contribution in [0.4, 0.5) is 5.69 Å². The number of hydrogen-bond acceptors (Lipinski definition) is 6. The number of nitrogens with zero attached hydrogens (tertiary/aromatic N) is 4. The molecule has 0 saturated heterocycles. The minimum atomic E-state index is -0.0985. The van der Waals surface area contributed by atoms with Crippen molar-refractivity contribution in [1.82, 2.24) is 9.78 Å². The monoisotopic (exact) mass is 480 g/mol. The van der Waals surface area contributed by atoms with Crippen molar-refractivity contribution < 1.29 is 4.79 Å². The molecule has 5 nitrogen and oxygen atoms in total. The first-order valence-corrected chi connectivity index (χ1v) is 11.4. The lowest BCUT2D eigenvalue weighted by Gasteiger charge is -2.21. The Kier molecular flexibility index (Phi) is 7.70. The summed E-state index contributed by atoms with van der Waals surface area (Å²) in [5, 5.41) is 14.3. The van der Waals surface area contributed by atoms with Crippen molar-refractivity contribution in [2.24, 2.45) is 0 Å². The van der Waals surface area contributed by atoms with E-state index in [0.717, 1.165) is 5.69 Å². The molecular weight excluding hydrogens is 467 g/mol. The molecule has 10 heteroatoms. The van der Waals surface area contributed by atoms with Gasteiger partial charge in [-0.05, 0) is 42.5 Å².